The second-order valence-electron chi connectivity index (χ2n) is 5.78. The number of nitrogens with two attached hydrogens (primary N) is 1. The fourth-order valence-corrected chi connectivity index (χ4v) is 3.23. The summed E-state index contributed by atoms with van der Waals surface area (Å²) in [5.74, 6) is -0.801. The number of carbonyl (C=O) groups is 1. The molecule has 1 aliphatic carbocycles. The molecule has 0 saturated heterocycles. The zero-order valence-electron chi connectivity index (χ0n) is 12.4. The standard InChI is InChI=1S/C15H25N3O2/c1-3-12-10-13(4-2)18(17-12)9-7-11-6-5-8-15(11,16)14(19)20/h10-11H,3-9,16H2,1-2H3,(H,19,20). The molecular weight excluding hydrogens is 254 g/mol. The van der Waals surface area contributed by atoms with Crippen LogP contribution in [-0.2, 0) is 24.2 Å². The van der Waals surface area contributed by atoms with E-state index in [2.05, 4.69) is 25.0 Å². The molecule has 112 valence electrons. The molecule has 0 aliphatic heterocycles. The molecule has 3 N–H and O–H groups in total. The topological polar surface area (TPSA) is 81.1 Å². The van der Waals surface area contributed by atoms with Crippen molar-refractivity contribution < 1.29 is 9.90 Å². The van der Waals surface area contributed by atoms with E-state index in [0.717, 1.165) is 44.3 Å². The summed E-state index contributed by atoms with van der Waals surface area (Å²) in [6.45, 7) is 4.98. The summed E-state index contributed by atoms with van der Waals surface area (Å²) < 4.78 is 2.03. The molecule has 0 amide bonds. The van der Waals surface area contributed by atoms with E-state index in [9.17, 15) is 9.90 Å². The average Bonchev–Trinajstić information content (AvgIpc) is 3.00. The lowest BCUT2D eigenvalue weighted by molar-refractivity contribution is -0.144. The van der Waals surface area contributed by atoms with Crippen LogP contribution in [0.3, 0.4) is 0 Å². The van der Waals surface area contributed by atoms with E-state index >= 15 is 0 Å². The second kappa shape index (κ2) is 5.95. The van der Waals surface area contributed by atoms with Crippen LogP contribution in [0, 0.1) is 5.92 Å². The maximum atomic E-state index is 11.4. The Hall–Kier alpha value is -1.36. The lowest BCUT2D eigenvalue weighted by Gasteiger charge is -2.26. The van der Waals surface area contributed by atoms with Gasteiger partial charge >= 0.3 is 5.97 Å². The number of nitrogens with zero attached hydrogens (tertiary/aromatic N) is 2. The molecular formula is C15H25N3O2. The normalized spacial score (nSPS) is 26.1. The Bertz CT molecular complexity index is 483. The SMILES string of the molecule is CCc1cc(CC)n(CCC2CCCC2(N)C(=O)O)n1. The Morgan fingerprint density at radius 1 is 1.55 bits per heavy atom. The van der Waals surface area contributed by atoms with Gasteiger partial charge in [0, 0.05) is 12.2 Å². The van der Waals surface area contributed by atoms with Crippen molar-refractivity contribution in [2.45, 2.75) is 64.5 Å². The van der Waals surface area contributed by atoms with Crippen LogP contribution in [-0.4, -0.2) is 26.4 Å². The van der Waals surface area contributed by atoms with E-state index in [1.807, 2.05) is 4.68 Å². The summed E-state index contributed by atoms with van der Waals surface area (Å²) in [4.78, 5) is 11.4. The number of aliphatic carboxylic acids is 1. The average molecular weight is 279 g/mol. The first kappa shape index (κ1) is 15.0. The highest BCUT2D eigenvalue weighted by atomic mass is 16.4. The Balaban J connectivity index is 2.05. The van der Waals surface area contributed by atoms with Gasteiger partial charge < -0.3 is 10.8 Å². The van der Waals surface area contributed by atoms with Gasteiger partial charge in [0.1, 0.15) is 5.54 Å². The molecule has 2 rings (SSSR count). The van der Waals surface area contributed by atoms with Gasteiger partial charge in [-0.2, -0.15) is 5.10 Å². The summed E-state index contributed by atoms with van der Waals surface area (Å²) in [5.41, 5.74) is 7.37. The summed E-state index contributed by atoms with van der Waals surface area (Å²) in [5, 5.41) is 13.9. The molecule has 2 atom stereocenters. The third-order valence-corrected chi connectivity index (χ3v) is 4.60. The first-order chi connectivity index (χ1) is 9.51. The summed E-state index contributed by atoms with van der Waals surface area (Å²) in [6.07, 6.45) is 5.08. The molecule has 1 heterocycles. The number of aromatic nitrogens is 2. The predicted octanol–water partition coefficient (Wildman–Crippen LogP) is 1.98. The fraction of sp³-hybridized carbons (Fsp3) is 0.733. The van der Waals surface area contributed by atoms with E-state index in [1.165, 1.54) is 5.69 Å². The number of carboxylic acid groups (broad SMARTS) is 1. The fourth-order valence-electron chi connectivity index (χ4n) is 3.23. The van der Waals surface area contributed by atoms with E-state index in [0.29, 0.717) is 6.42 Å². The zero-order chi connectivity index (χ0) is 14.8. The first-order valence-corrected chi connectivity index (χ1v) is 7.59. The van der Waals surface area contributed by atoms with Crippen molar-refractivity contribution in [2.24, 2.45) is 11.7 Å². The molecule has 0 bridgehead atoms. The third kappa shape index (κ3) is 2.73. The van der Waals surface area contributed by atoms with Gasteiger partial charge in [-0.25, -0.2) is 0 Å². The van der Waals surface area contributed by atoms with Crippen molar-refractivity contribution >= 4 is 5.97 Å². The van der Waals surface area contributed by atoms with Crippen LogP contribution in [0.2, 0.25) is 0 Å². The van der Waals surface area contributed by atoms with Crippen molar-refractivity contribution in [3.8, 4) is 0 Å². The van der Waals surface area contributed by atoms with Crippen molar-refractivity contribution in [3.05, 3.63) is 17.5 Å². The largest absolute Gasteiger partial charge is 0.480 e. The highest BCUT2D eigenvalue weighted by molar-refractivity contribution is 5.79. The van der Waals surface area contributed by atoms with Gasteiger partial charge in [-0.05, 0) is 44.1 Å². The summed E-state index contributed by atoms with van der Waals surface area (Å²) in [6, 6.07) is 2.14. The van der Waals surface area contributed by atoms with Crippen molar-refractivity contribution in [1.29, 1.82) is 0 Å². The van der Waals surface area contributed by atoms with Gasteiger partial charge in [0.25, 0.3) is 0 Å². The van der Waals surface area contributed by atoms with Gasteiger partial charge in [0.05, 0.1) is 5.69 Å². The molecule has 5 nitrogen and oxygen atoms in total. The number of rotatable bonds is 6. The summed E-state index contributed by atoms with van der Waals surface area (Å²) in [7, 11) is 0. The van der Waals surface area contributed by atoms with Gasteiger partial charge in [-0.15, -0.1) is 0 Å². The van der Waals surface area contributed by atoms with Crippen molar-refractivity contribution in [2.75, 3.05) is 0 Å². The van der Waals surface area contributed by atoms with Crippen LogP contribution in [0.15, 0.2) is 6.07 Å². The number of carboxylic acids is 1. The van der Waals surface area contributed by atoms with Crippen LogP contribution in [0.25, 0.3) is 0 Å². The lowest BCUT2D eigenvalue weighted by Crippen LogP contribution is -2.51. The van der Waals surface area contributed by atoms with Gasteiger partial charge in [0.2, 0.25) is 0 Å². The Kier molecular flexibility index (Phi) is 4.48. The van der Waals surface area contributed by atoms with Crippen LogP contribution < -0.4 is 5.73 Å². The number of hydrogen-bond acceptors (Lipinski definition) is 3. The molecule has 1 saturated carbocycles. The van der Waals surface area contributed by atoms with E-state index in [4.69, 9.17) is 5.73 Å². The molecule has 2 unspecified atom stereocenters. The highest BCUT2D eigenvalue weighted by Gasteiger charge is 2.45. The predicted molar refractivity (Wildman–Crippen MR) is 77.5 cm³/mol. The summed E-state index contributed by atoms with van der Waals surface area (Å²) >= 11 is 0. The second-order valence-corrected chi connectivity index (χ2v) is 5.78. The molecule has 20 heavy (non-hydrogen) atoms. The highest BCUT2D eigenvalue weighted by Crippen LogP contribution is 2.36. The Morgan fingerprint density at radius 3 is 2.90 bits per heavy atom. The first-order valence-electron chi connectivity index (χ1n) is 7.59. The molecule has 0 spiro atoms. The monoisotopic (exact) mass is 279 g/mol. The van der Waals surface area contributed by atoms with Crippen molar-refractivity contribution in [1.82, 2.24) is 9.78 Å². The molecule has 0 radical (unpaired) electrons. The minimum atomic E-state index is -1.03. The van der Waals surface area contributed by atoms with Gasteiger partial charge in [0.15, 0.2) is 0 Å². The minimum Gasteiger partial charge on any atom is -0.480 e. The van der Waals surface area contributed by atoms with Gasteiger partial charge in [-0.3, -0.25) is 9.48 Å². The van der Waals surface area contributed by atoms with E-state index < -0.39 is 11.5 Å². The molecule has 1 aliphatic rings. The molecule has 5 heteroatoms. The van der Waals surface area contributed by atoms with Crippen LogP contribution in [0.1, 0.15) is 50.9 Å². The lowest BCUT2D eigenvalue weighted by atomic mass is 9.86. The Labute approximate surface area is 120 Å². The maximum absolute atomic E-state index is 11.4. The van der Waals surface area contributed by atoms with E-state index in [-0.39, 0.29) is 5.92 Å². The third-order valence-electron chi connectivity index (χ3n) is 4.60. The molecule has 1 aromatic heterocycles. The molecule has 1 aromatic rings. The van der Waals surface area contributed by atoms with Crippen LogP contribution in [0.5, 0.6) is 0 Å². The van der Waals surface area contributed by atoms with Crippen LogP contribution >= 0.6 is 0 Å². The molecule has 0 aromatic carbocycles. The van der Waals surface area contributed by atoms with Crippen LogP contribution in [0.4, 0.5) is 0 Å². The minimum absolute atomic E-state index is 0.0546. The molecule has 1 fully saturated rings. The van der Waals surface area contributed by atoms with Crippen molar-refractivity contribution in [3.63, 3.8) is 0 Å². The van der Waals surface area contributed by atoms with Gasteiger partial charge in [-0.1, -0.05) is 20.3 Å². The quantitative estimate of drug-likeness (QED) is 0.834. The Morgan fingerprint density at radius 2 is 2.30 bits per heavy atom. The smallest absolute Gasteiger partial charge is 0.323 e. The number of hydrogen-bond donors (Lipinski definition) is 2. The maximum Gasteiger partial charge on any atom is 0.323 e. The zero-order valence-corrected chi connectivity index (χ0v) is 12.4. The van der Waals surface area contributed by atoms with E-state index in [1.54, 1.807) is 0 Å². The number of aryl methyl sites for hydroxylation is 3.